The van der Waals surface area contributed by atoms with E-state index in [1.165, 1.54) is 7.11 Å². The summed E-state index contributed by atoms with van der Waals surface area (Å²) in [7, 11) is 1.49. The molecule has 0 aliphatic rings. The molecule has 0 spiro atoms. The molecule has 0 heterocycles. The molecule has 0 atom stereocenters. The van der Waals surface area contributed by atoms with Gasteiger partial charge in [-0.2, -0.15) is 0 Å². The van der Waals surface area contributed by atoms with Crippen LogP contribution in [0.25, 0.3) is 0 Å². The molecule has 164 valence electrons. The Kier molecular flexibility index (Phi) is 7.77. The van der Waals surface area contributed by atoms with Crippen LogP contribution in [-0.4, -0.2) is 30.6 Å². The highest BCUT2D eigenvalue weighted by molar-refractivity contribution is 7.80. The number of hydrogen-bond donors (Lipinski definition) is 3. The van der Waals surface area contributed by atoms with Crippen molar-refractivity contribution < 1.29 is 19.1 Å². The van der Waals surface area contributed by atoms with E-state index in [2.05, 4.69) is 16.0 Å². The van der Waals surface area contributed by atoms with E-state index in [9.17, 15) is 9.59 Å². The van der Waals surface area contributed by atoms with Crippen LogP contribution < -0.4 is 25.4 Å². The number of methoxy groups -OCH3 is 1. The molecule has 32 heavy (non-hydrogen) atoms. The highest BCUT2D eigenvalue weighted by atomic mass is 32.1. The molecule has 0 aromatic heterocycles. The molecule has 0 radical (unpaired) electrons. The number of para-hydroxylation sites is 2. The molecule has 3 N–H and O–H groups in total. The van der Waals surface area contributed by atoms with Gasteiger partial charge in [0.1, 0.15) is 11.5 Å². The minimum atomic E-state index is -0.420. The fourth-order valence-corrected chi connectivity index (χ4v) is 3.15. The second-order valence-corrected chi connectivity index (χ2v) is 6.97. The Morgan fingerprint density at radius 1 is 0.844 bits per heavy atom. The van der Waals surface area contributed by atoms with Crippen LogP contribution in [0.4, 0.5) is 11.4 Å². The van der Waals surface area contributed by atoms with Crippen LogP contribution in [0.15, 0.2) is 72.8 Å². The van der Waals surface area contributed by atoms with E-state index in [0.29, 0.717) is 34.9 Å². The monoisotopic (exact) mass is 449 g/mol. The molecule has 3 aromatic carbocycles. The molecule has 3 rings (SSSR count). The van der Waals surface area contributed by atoms with Crippen molar-refractivity contribution in [2.75, 3.05) is 24.4 Å². The summed E-state index contributed by atoms with van der Waals surface area (Å²) in [6, 6.07) is 20.8. The summed E-state index contributed by atoms with van der Waals surface area (Å²) >= 11 is 5.28. The summed E-state index contributed by atoms with van der Waals surface area (Å²) in [5.74, 6) is 0.416. The molecule has 0 saturated carbocycles. The number of thiocarbonyl (C=S) groups is 1. The number of nitrogens with one attached hydrogen (secondary N) is 3. The van der Waals surface area contributed by atoms with Crippen LogP contribution in [0.3, 0.4) is 0 Å². The van der Waals surface area contributed by atoms with Crippen LogP contribution in [-0.2, 0) is 0 Å². The van der Waals surface area contributed by atoms with Crippen molar-refractivity contribution in [3.63, 3.8) is 0 Å². The van der Waals surface area contributed by atoms with E-state index in [1.807, 2.05) is 6.92 Å². The zero-order valence-electron chi connectivity index (χ0n) is 17.7. The Bertz CT molecular complexity index is 1120. The molecule has 7 nitrogen and oxygen atoms in total. The number of rotatable bonds is 7. The molecular weight excluding hydrogens is 426 g/mol. The normalized spacial score (nSPS) is 10.1. The lowest BCUT2D eigenvalue weighted by Crippen LogP contribution is -2.34. The van der Waals surface area contributed by atoms with Crippen molar-refractivity contribution in [3.05, 3.63) is 83.9 Å². The van der Waals surface area contributed by atoms with Gasteiger partial charge in [0.25, 0.3) is 11.8 Å². The van der Waals surface area contributed by atoms with Gasteiger partial charge < -0.3 is 20.1 Å². The molecule has 0 aliphatic carbocycles. The Morgan fingerprint density at radius 2 is 1.50 bits per heavy atom. The van der Waals surface area contributed by atoms with Gasteiger partial charge in [-0.05, 0) is 67.7 Å². The molecule has 3 aromatic rings. The largest absolute Gasteiger partial charge is 0.496 e. The number of benzene rings is 3. The van der Waals surface area contributed by atoms with Gasteiger partial charge in [0, 0.05) is 5.69 Å². The van der Waals surface area contributed by atoms with Crippen molar-refractivity contribution >= 4 is 40.5 Å². The Hall–Kier alpha value is -3.91. The maximum absolute atomic E-state index is 12.8. The third kappa shape index (κ3) is 5.83. The lowest BCUT2D eigenvalue weighted by molar-refractivity contribution is 0.0973. The van der Waals surface area contributed by atoms with E-state index in [0.717, 1.165) is 5.75 Å². The SMILES string of the molecule is CCOc1ccc(NC(=O)c2ccccc2NC(=S)NC(=O)c2ccccc2OC)cc1. The van der Waals surface area contributed by atoms with E-state index in [1.54, 1.807) is 72.8 Å². The predicted molar refractivity (Wildman–Crippen MR) is 129 cm³/mol. The molecule has 0 unspecified atom stereocenters. The minimum absolute atomic E-state index is 0.0576. The average molecular weight is 450 g/mol. The Morgan fingerprint density at radius 3 is 2.19 bits per heavy atom. The third-order valence-electron chi connectivity index (χ3n) is 4.42. The van der Waals surface area contributed by atoms with Crippen molar-refractivity contribution in [3.8, 4) is 11.5 Å². The van der Waals surface area contributed by atoms with Crippen LogP contribution in [0.1, 0.15) is 27.6 Å². The molecule has 0 aliphatic heterocycles. The second-order valence-electron chi connectivity index (χ2n) is 6.57. The first-order valence-electron chi connectivity index (χ1n) is 9.90. The Balaban J connectivity index is 1.68. The quantitative estimate of drug-likeness (QED) is 0.461. The first-order chi connectivity index (χ1) is 15.5. The first-order valence-corrected chi connectivity index (χ1v) is 10.3. The van der Waals surface area contributed by atoms with Gasteiger partial charge in [-0.15, -0.1) is 0 Å². The molecular formula is C24H23N3O4S. The predicted octanol–water partition coefficient (Wildman–Crippen LogP) is 4.47. The van der Waals surface area contributed by atoms with Crippen LogP contribution in [0.2, 0.25) is 0 Å². The minimum Gasteiger partial charge on any atom is -0.496 e. The van der Waals surface area contributed by atoms with Crippen LogP contribution in [0.5, 0.6) is 11.5 Å². The van der Waals surface area contributed by atoms with Gasteiger partial charge in [0.05, 0.1) is 30.5 Å². The van der Waals surface area contributed by atoms with Gasteiger partial charge in [-0.3, -0.25) is 14.9 Å². The van der Waals surface area contributed by atoms with Gasteiger partial charge >= 0.3 is 0 Å². The van der Waals surface area contributed by atoms with Crippen molar-refractivity contribution in [2.24, 2.45) is 0 Å². The summed E-state index contributed by atoms with van der Waals surface area (Å²) in [4.78, 5) is 25.4. The highest BCUT2D eigenvalue weighted by Gasteiger charge is 2.16. The highest BCUT2D eigenvalue weighted by Crippen LogP contribution is 2.20. The lowest BCUT2D eigenvalue weighted by Gasteiger charge is -2.14. The summed E-state index contributed by atoms with van der Waals surface area (Å²) in [5, 5.41) is 8.43. The van der Waals surface area contributed by atoms with E-state index in [4.69, 9.17) is 21.7 Å². The van der Waals surface area contributed by atoms with E-state index in [-0.39, 0.29) is 11.0 Å². The number of amides is 2. The maximum Gasteiger partial charge on any atom is 0.261 e. The van der Waals surface area contributed by atoms with Crippen LogP contribution >= 0.6 is 12.2 Å². The third-order valence-corrected chi connectivity index (χ3v) is 4.63. The van der Waals surface area contributed by atoms with Gasteiger partial charge in [-0.1, -0.05) is 24.3 Å². The van der Waals surface area contributed by atoms with Gasteiger partial charge in [0.15, 0.2) is 5.11 Å². The summed E-state index contributed by atoms with van der Waals surface area (Å²) < 4.78 is 10.6. The number of ether oxygens (including phenoxy) is 2. The van der Waals surface area contributed by atoms with Crippen molar-refractivity contribution in [1.29, 1.82) is 0 Å². The van der Waals surface area contributed by atoms with Crippen molar-refractivity contribution in [2.45, 2.75) is 6.92 Å². The van der Waals surface area contributed by atoms with Gasteiger partial charge in [0.2, 0.25) is 0 Å². The standard InChI is InChI=1S/C24H23N3O4S/c1-3-31-17-14-12-16(13-15-17)25-22(28)18-8-4-6-10-20(18)26-24(32)27-23(29)19-9-5-7-11-21(19)30-2/h4-15H,3H2,1-2H3,(H,25,28)(H2,26,27,29,32). The van der Waals surface area contributed by atoms with Gasteiger partial charge in [-0.25, -0.2) is 0 Å². The number of anilines is 2. The molecule has 0 fully saturated rings. The fraction of sp³-hybridized carbons (Fsp3) is 0.125. The molecule has 2 amide bonds. The summed E-state index contributed by atoms with van der Waals surface area (Å²) in [6.45, 7) is 2.47. The number of hydrogen-bond acceptors (Lipinski definition) is 5. The molecule has 0 bridgehead atoms. The van der Waals surface area contributed by atoms with E-state index >= 15 is 0 Å². The lowest BCUT2D eigenvalue weighted by atomic mass is 10.1. The zero-order chi connectivity index (χ0) is 22.9. The number of carbonyl (C=O) groups excluding carboxylic acids is 2. The van der Waals surface area contributed by atoms with E-state index < -0.39 is 5.91 Å². The van der Waals surface area contributed by atoms with Crippen LogP contribution in [0, 0.1) is 0 Å². The van der Waals surface area contributed by atoms with Crippen molar-refractivity contribution in [1.82, 2.24) is 5.32 Å². The topological polar surface area (TPSA) is 88.7 Å². The molecule has 0 saturated heterocycles. The fourth-order valence-electron chi connectivity index (χ4n) is 2.95. The smallest absolute Gasteiger partial charge is 0.261 e. The second kappa shape index (κ2) is 10.9. The average Bonchev–Trinajstić information content (AvgIpc) is 2.80. The Labute approximate surface area is 191 Å². The maximum atomic E-state index is 12.8. The molecule has 8 heteroatoms. The summed E-state index contributed by atoms with van der Waals surface area (Å²) in [6.07, 6.45) is 0. The first kappa shape index (κ1) is 22.8. The zero-order valence-corrected chi connectivity index (χ0v) is 18.5. The summed E-state index contributed by atoms with van der Waals surface area (Å²) in [5.41, 5.74) is 1.80. The number of carbonyl (C=O) groups is 2.